The van der Waals surface area contributed by atoms with Crippen molar-refractivity contribution in [1.29, 1.82) is 0 Å². The lowest BCUT2D eigenvalue weighted by molar-refractivity contribution is 0.195. The summed E-state index contributed by atoms with van der Waals surface area (Å²) in [5.74, 6) is 0. The second-order valence-corrected chi connectivity index (χ2v) is 7.50. The van der Waals surface area contributed by atoms with Gasteiger partial charge in [-0.2, -0.15) is 0 Å². The summed E-state index contributed by atoms with van der Waals surface area (Å²) in [7, 11) is 4.45. The molecule has 0 spiro atoms. The van der Waals surface area contributed by atoms with E-state index in [9.17, 15) is 0 Å². The fourth-order valence-corrected chi connectivity index (χ4v) is 2.99. The Balaban J connectivity index is 1.89. The highest BCUT2D eigenvalue weighted by Crippen LogP contribution is 2.09. The van der Waals surface area contributed by atoms with Crippen LogP contribution in [0.15, 0.2) is 24.3 Å². The zero-order chi connectivity index (χ0) is 15.8. The van der Waals surface area contributed by atoms with Crippen LogP contribution in [0, 0.1) is 3.57 Å². The number of hydrogen-bond donors (Lipinski definition) is 1. The molecular weight excluding hydrogens is 387 g/mol. The van der Waals surface area contributed by atoms with Crippen LogP contribution in [0.4, 0.5) is 0 Å². The van der Waals surface area contributed by atoms with Gasteiger partial charge in [0.2, 0.25) is 0 Å². The molecule has 0 aromatic heterocycles. The summed E-state index contributed by atoms with van der Waals surface area (Å²) in [4.78, 5) is 7.43. The van der Waals surface area contributed by atoms with Crippen molar-refractivity contribution in [3.05, 3.63) is 33.4 Å². The van der Waals surface area contributed by atoms with Gasteiger partial charge in [0.25, 0.3) is 0 Å². The van der Waals surface area contributed by atoms with Crippen molar-refractivity contribution >= 4 is 22.6 Å². The van der Waals surface area contributed by atoms with E-state index < -0.39 is 0 Å². The summed E-state index contributed by atoms with van der Waals surface area (Å²) >= 11 is 2.37. The predicted molar refractivity (Wildman–Crippen MR) is 102 cm³/mol. The number of likely N-dealkylation sites (N-methyl/N-ethyl adjacent to an activating group) is 2. The molecule has 5 heteroatoms. The van der Waals surface area contributed by atoms with Crippen molar-refractivity contribution in [3.63, 3.8) is 0 Å². The van der Waals surface area contributed by atoms with Gasteiger partial charge in [-0.1, -0.05) is 12.1 Å². The summed E-state index contributed by atoms with van der Waals surface area (Å²) in [5, 5.41) is 3.57. The summed E-state index contributed by atoms with van der Waals surface area (Å²) in [6.07, 6.45) is 0. The van der Waals surface area contributed by atoms with Gasteiger partial charge >= 0.3 is 0 Å². The fraction of sp³-hybridized carbons (Fsp3) is 0.647. The third kappa shape index (κ3) is 6.91. The Morgan fingerprint density at radius 3 is 2.18 bits per heavy atom. The first-order chi connectivity index (χ1) is 10.6. The molecule has 0 aliphatic carbocycles. The third-order valence-electron chi connectivity index (χ3n) is 4.26. The van der Waals surface area contributed by atoms with Crippen molar-refractivity contribution in [2.45, 2.75) is 6.54 Å². The van der Waals surface area contributed by atoms with E-state index >= 15 is 0 Å². The van der Waals surface area contributed by atoms with E-state index in [1.165, 1.54) is 9.13 Å². The van der Waals surface area contributed by atoms with E-state index in [0.717, 1.165) is 58.9 Å². The maximum absolute atomic E-state index is 3.57. The average Bonchev–Trinajstić information content (AvgIpc) is 2.51. The number of rotatable bonds is 2. The van der Waals surface area contributed by atoms with Crippen LogP contribution in [0.3, 0.4) is 0 Å². The van der Waals surface area contributed by atoms with Crippen molar-refractivity contribution in [2.24, 2.45) is 0 Å². The maximum atomic E-state index is 3.57. The highest BCUT2D eigenvalue weighted by atomic mass is 127. The Bertz CT molecular complexity index is 423. The Morgan fingerprint density at radius 2 is 1.45 bits per heavy atom. The van der Waals surface area contributed by atoms with Crippen LogP contribution < -0.4 is 5.32 Å². The van der Waals surface area contributed by atoms with Gasteiger partial charge in [-0.05, 0) is 54.4 Å². The van der Waals surface area contributed by atoms with Crippen molar-refractivity contribution in [3.8, 4) is 0 Å². The van der Waals surface area contributed by atoms with Gasteiger partial charge in [0.05, 0.1) is 0 Å². The summed E-state index contributed by atoms with van der Waals surface area (Å²) in [6.45, 7) is 10.0. The predicted octanol–water partition coefficient (Wildman–Crippen LogP) is 1.56. The molecule has 1 aliphatic heterocycles. The first kappa shape index (κ1) is 18.1. The molecule has 1 aromatic rings. The molecular formula is C17H29IN4. The highest BCUT2D eigenvalue weighted by molar-refractivity contribution is 14.1. The van der Waals surface area contributed by atoms with Gasteiger partial charge in [-0.3, -0.25) is 4.90 Å². The van der Waals surface area contributed by atoms with E-state index in [-0.39, 0.29) is 0 Å². The van der Waals surface area contributed by atoms with Crippen LogP contribution in [-0.4, -0.2) is 81.2 Å². The first-order valence-corrected chi connectivity index (χ1v) is 9.26. The lowest BCUT2D eigenvalue weighted by Crippen LogP contribution is -2.42. The number of nitrogens with zero attached hydrogens (tertiary/aromatic N) is 3. The summed E-state index contributed by atoms with van der Waals surface area (Å²) in [5.41, 5.74) is 1.41. The quantitative estimate of drug-likeness (QED) is 0.739. The van der Waals surface area contributed by atoms with Crippen molar-refractivity contribution in [2.75, 3.05) is 66.5 Å². The Kier molecular flexibility index (Phi) is 8.10. The Morgan fingerprint density at radius 1 is 0.864 bits per heavy atom. The van der Waals surface area contributed by atoms with Crippen LogP contribution in [0.2, 0.25) is 0 Å². The largest absolute Gasteiger partial charge is 0.314 e. The molecule has 22 heavy (non-hydrogen) atoms. The van der Waals surface area contributed by atoms with Gasteiger partial charge < -0.3 is 15.1 Å². The molecule has 1 aromatic carbocycles. The molecule has 0 unspecified atom stereocenters. The smallest absolute Gasteiger partial charge is 0.0234 e. The second-order valence-electron chi connectivity index (χ2n) is 6.26. The fourth-order valence-electron chi connectivity index (χ4n) is 2.63. The molecule has 0 amide bonds. The standard InChI is InChI=1S/C17H29IN4/c1-20-9-7-19-8-10-22(14-13-21(2)12-11-20)15-16-3-5-17(18)6-4-16/h3-6,19H,7-15H2,1-2H3. The minimum atomic E-state index is 1.05. The lowest BCUT2D eigenvalue weighted by Gasteiger charge is -2.28. The van der Waals surface area contributed by atoms with Crippen LogP contribution >= 0.6 is 22.6 Å². The van der Waals surface area contributed by atoms with Crippen LogP contribution in [0.25, 0.3) is 0 Å². The van der Waals surface area contributed by atoms with Gasteiger partial charge in [0, 0.05) is 62.5 Å². The lowest BCUT2D eigenvalue weighted by atomic mass is 10.2. The van der Waals surface area contributed by atoms with E-state index in [4.69, 9.17) is 0 Å². The molecule has 0 atom stereocenters. The molecule has 2 rings (SSSR count). The topological polar surface area (TPSA) is 21.8 Å². The highest BCUT2D eigenvalue weighted by Gasteiger charge is 2.10. The van der Waals surface area contributed by atoms with E-state index in [1.54, 1.807) is 0 Å². The average molecular weight is 416 g/mol. The molecule has 1 heterocycles. The normalized spacial score (nSPS) is 21.2. The molecule has 1 N–H and O–H groups in total. The van der Waals surface area contributed by atoms with Crippen molar-refractivity contribution in [1.82, 2.24) is 20.0 Å². The molecule has 4 nitrogen and oxygen atoms in total. The minimum absolute atomic E-state index is 1.05. The van der Waals surface area contributed by atoms with E-state index in [2.05, 4.69) is 81.0 Å². The zero-order valence-corrected chi connectivity index (χ0v) is 16.1. The molecule has 124 valence electrons. The van der Waals surface area contributed by atoms with Crippen LogP contribution in [-0.2, 0) is 6.54 Å². The monoisotopic (exact) mass is 416 g/mol. The second kappa shape index (κ2) is 9.82. The SMILES string of the molecule is CN1CCNCCN(Cc2ccc(I)cc2)CCN(C)CC1. The van der Waals surface area contributed by atoms with Gasteiger partial charge in [0.1, 0.15) is 0 Å². The number of halogens is 1. The van der Waals surface area contributed by atoms with Gasteiger partial charge in [-0.15, -0.1) is 0 Å². The molecule has 1 saturated heterocycles. The molecule has 0 saturated carbocycles. The van der Waals surface area contributed by atoms with Crippen LogP contribution in [0.1, 0.15) is 5.56 Å². The van der Waals surface area contributed by atoms with Gasteiger partial charge in [0.15, 0.2) is 0 Å². The van der Waals surface area contributed by atoms with Crippen molar-refractivity contribution < 1.29 is 0 Å². The number of hydrogen-bond acceptors (Lipinski definition) is 4. The first-order valence-electron chi connectivity index (χ1n) is 8.18. The molecule has 0 bridgehead atoms. The molecule has 1 aliphatic rings. The number of benzene rings is 1. The summed E-state index contributed by atoms with van der Waals surface area (Å²) in [6, 6.07) is 8.91. The number of nitrogens with one attached hydrogen (secondary N) is 1. The van der Waals surface area contributed by atoms with Gasteiger partial charge in [-0.25, -0.2) is 0 Å². The van der Waals surface area contributed by atoms with E-state index in [1.807, 2.05) is 0 Å². The third-order valence-corrected chi connectivity index (χ3v) is 4.98. The zero-order valence-electron chi connectivity index (χ0n) is 13.9. The Hall–Kier alpha value is -0.210. The Labute approximate surface area is 149 Å². The van der Waals surface area contributed by atoms with Crippen LogP contribution in [0.5, 0.6) is 0 Å². The van der Waals surface area contributed by atoms with E-state index in [0.29, 0.717) is 0 Å². The molecule has 0 radical (unpaired) electrons. The molecule has 1 fully saturated rings. The summed E-state index contributed by atoms with van der Waals surface area (Å²) < 4.78 is 1.31. The maximum Gasteiger partial charge on any atom is 0.0234 e. The minimum Gasteiger partial charge on any atom is -0.314 e.